The van der Waals surface area contributed by atoms with Crippen molar-refractivity contribution in [1.82, 2.24) is 24.3 Å². The summed E-state index contributed by atoms with van der Waals surface area (Å²) in [6.45, 7) is 6.43. The van der Waals surface area contributed by atoms with E-state index in [1.807, 2.05) is 19.2 Å². The second-order valence-electron chi connectivity index (χ2n) is 10.9. The van der Waals surface area contributed by atoms with Gasteiger partial charge in [-0.15, -0.1) is 0 Å². The number of nitrogens with zero attached hydrogens (tertiary/aromatic N) is 4. The molecule has 3 aromatic rings. The Kier molecular flexibility index (Phi) is 9.39. The molecule has 8 nitrogen and oxygen atoms in total. The fourth-order valence-corrected chi connectivity index (χ4v) is 6.93. The average Bonchev–Trinajstić information content (AvgIpc) is 3.28. The van der Waals surface area contributed by atoms with Crippen molar-refractivity contribution in [2.24, 2.45) is 7.05 Å². The van der Waals surface area contributed by atoms with Gasteiger partial charge >= 0.3 is 0 Å². The normalized spacial score (nSPS) is 18.1. The van der Waals surface area contributed by atoms with Gasteiger partial charge in [0.1, 0.15) is 5.82 Å². The summed E-state index contributed by atoms with van der Waals surface area (Å²) in [5, 5.41) is 10.8. The highest BCUT2D eigenvalue weighted by atomic mass is 32.2. The minimum atomic E-state index is -0.188. The van der Waals surface area contributed by atoms with Crippen LogP contribution in [0, 0.1) is 5.82 Å². The first kappa shape index (κ1) is 28.6. The lowest BCUT2D eigenvalue weighted by molar-refractivity contribution is -0.116. The van der Waals surface area contributed by atoms with Gasteiger partial charge in [0.25, 0.3) is 0 Å². The molecule has 0 bridgehead atoms. The molecule has 2 aliphatic rings. The lowest BCUT2D eigenvalue weighted by Gasteiger charge is -2.36. The monoisotopic (exact) mass is 566 g/mol. The van der Waals surface area contributed by atoms with E-state index in [1.54, 1.807) is 22.7 Å². The number of carbonyl (C=O) groups is 2. The van der Waals surface area contributed by atoms with Crippen molar-refractivity contribution in [3.63, 3.8) is 0 Å². The third kappa shape index (κ3) is 6.67. The van der Waals surface area contributed by atoms with Crippen LogP contribution in [0.1, 0.15) is 68.5 Å². The van der Waals surface area contributed by atoms with Crippen LogP contribution in [-0.4, -0.2) is 64.0 Å². The van der Waals surface area contributed by atoms with Gasteiger partial charge in [0, 0.05) is 55.0 Å². The zero-order chi connectivity index (χ0) is 28.1. The minimum absolute atomic E-state index is 0.0234. The number of carbonyl (C=O) groups excluding carboxylic acids is 2. The molecule has 0 spiro atoms. The Balaban J connectivity index is 1.21. The number of hydrogen-bond donors (Lipinski definition) is 2. The molecule has 2 aliphatic heterocycles. The van der Waals surface area contributed by atoms with Crippen LogP contribution in [0.25, 0.3) is 10.9 Å². The smallest absolute Gasteiger partial charge is 0.227 e. The third-order valence-electron chi connectivity index (χ3n) is 8.23. The molecule has 2 amide bonds. The van der Waals surface area contributed by atoms with E-state index in [0.29, 0.717) is 18.1 Å². The van der Waals surface area contributed by atoms with E-state index < -0.39 is 0 Å². The highest BCUT2D eigenvalue weighted by molar-refractivity contribution is 7.97. The van der Waals surface area contributed by atoms with E-state index in [9.17, 15) is 14.0 Å². The molecule has 40 heavy (non-hydrogen) atoms. The summed E-state index contributed by atoms with van der Waals surface area (Å²) >= 11 is 1.76. The number of amides is 2. The van der Waals surface area contributed by atoms with E-state index in [4.69, 9.17) is 0 Å². The van der Waals surface area contributed by atoms with E-state index in [-0.39, 0.29) is 30.7 Å². The molecule has 0 aliphatic carbocycles. The molecule has 1 unspecified atom stereocenters. The standard InChI is InChI=1S/C30H39FN6O2S/c1-21(26-19-24(7-9-27(26)31)40-37-14-4-3-5-15-37)36-16-11-22(12-17-36)23-6-8-25-28(18-23)35(2)34-30(25)33-29(39)10-13-32-20-38/h6-9,18-22H,3-5,10-17H2,1-2H3,(H,32,38)(H,33,34,39). The van der Waals surface area contributed by atoms with Gasteiger partial charge in [0.2, 0.25) is 12.3 Å². The topological polar surface area (TPSA) is 82.5 Å². The molecule has 2 fully saturated rings. The maximum absolute atomic E-state index is 14.9. The second kappa shape index (κ2) is 13.1. The fraction of sp³-hybridized carbons (Fsp3) is 0.500. The summed E-state index contributed by atoms with van der Waals surface area (Å²) in [5.74, 6) is 0.640. The highest BCUT2D eigenvalue weighted by Crippen LogP contribution is 2.36. The minimum Gasteiger partial charge on any atom is -0.358 e. The van der Waals surface area contributed by atoms with Gasteiger partial charge in [-0.25, -0.2) is 8.70 Å². The summed E-state index contributed by atoms with van der Waals surface area (Å²) < 4.78 is 19.1. The fourth-order valence-electron chi connectivity index (χ4n) is 5.88. The Morgan fingerprint density at radius 2 is 1.90 bits per heavy atom. The zero-order valence-electron chi connectivity index (χ0n) is 23.4. The summed E-state index contributed by atoms with van der Waals surface area (Å²) in [5.41, 5.74) is 3.02. The number of halogens is 1. The number of rotatable bonds is 10. The molecule has 3 heterocycles. The van der Waals surface area contributed by atoms with Crippen molar-refractivity contribution < 1.29 is 14.0 Å². The number of piperidine rings is 2. The van der Waals surface area contributed by atoms with E-state index >= 15 is 0 Å². The maximum Gasteiger partial charge on any atom is 0.227 e. The molecule has 10 heteroatoms. The van der Waals surface area contributed by atoms with Crippen LogP contribution < -0.4 is 10.6 Å². The predicted molar refractivity (Wildman–Crippen MR) is 158 cm³/mol. The number of benzene rings is 2. The van der Waals surface area contributed by atoms with Gasteiger partial charge in [0.05, 0.1) is 5.52 Å². The predicted octanol–water partition coefficient (Wildman–Crippen LogP) is 5.22. The van der Waals surface area contributed by atoms with E-state index in [0.717, 1.165) is 60.4 Å². The van der Waals surface area contributed by atoms with Gasteiger partial charge in [-0.3, -0.25) is 19.2 Å². The Morgan fingerprint density at radius 3 is 2.65 bits per heavy atom. The largest absolute Gasteiger partial charge is 0.358 e. The van der Waals surface area contributed by atoms with Gasteiger partial charge < -0.3 is 10.6 Å². The van der Waals surface area contributed by atoms with Gasteiger partial charge in [-0.05, 0) is 99.5 Å². The highest BCUT2D eigenvalue weighted by Gasteiger charge is 2.27. The van der Waals surface area contributed by atoms with Gasteiger partial charge in [0.15, 0.2) is 5.82 Å². The summed E-state index contributed by atoms with van der Waals surface area (Å²) in [4.78, 5) is 26.2. The molecule has 0 saturated carbocycles. The van der Waals surface area contributed by atoms with Crippen LogP contribution in [-0.2, 0) is 16.6 Å². The van der Waals surface area contributed by atoms with Crippen LogP contribution in [0.15, 0.2) is 41.3 Å². The number of hydrogen-bond acceptors (Lipinski definition) is 6. The molecular weight excluding hydrogens is 527 g/mol. The zero-order valence-corrected chi connectivity index (χ0v) is 24.2. The molecular formula is C30H39FN6O2S. The van der Waals surface area contributed by atoms with Crippen molar-refractivity contribution >= 4 is 41.0 Å². The average molecular weight is 567 g/mol. The first-order valence-electron chi connectivity index (χ1n) is 14.3. The molecule has 1 atom stereocenters. The summed E-state index contributed by atoms with van der Waals surface area (Å²) in [6.07, 6.45) is 6.56. The third-order valence-corrected chi connectivity index (χ3v) is 9.32. The summed E-state index contributed by atoms with van der Waals surface area (Å²) in [6, 6.07) is 12.0. The van der Waals surface area contributed by atoms with Crippen LogP contribution >= 0.6 is 11.9 Å². The first-order chi connectivity index (χ1) is 19.4. The van der Waals surface area contributed by atoms with E-state index in [1.165, 1.54) is 24.8 Å². The van der Waals surface area contributed by atoms with Crippen molar-refractivity contribution in [1.29, 1.82) is 0 Å². The Hall–Kier alpha value is -2.95. The summed E-state index contributed by atoms with van der Waals surface area (Å²) in [7, 11) is 1.88. The van der Waals surface area contributed by atoms with Crippen molar-refractivity contribution in [3.05, 3.63) is 53.3 Å². The number of aromatic nitrogens is 2. The van der Waals surface area contributed by atoms with Gasteiger partial charge in [-0.1, -0.05) is 12.5 Å². The van der Waals surface area contributed by atoms with Crippen LogP contribution in [0.5, 0.6) is 0 Å². The second-order valence-corrected chi connectivity index (χ2v) is 12.0. The number of anilines is 1. The Labute approximate surface area is 239 Å². The molecule has 1 aromatic heterocycles. The Bertz CT molecular complexity index is 1330. The molecule has 2 saturated heterocycles. The molecule has 214 valence electrons. The molecule has 0 radical (unpaired) electrons. The Morgan fingerprint density at radius 1 is 1.12 bits per heavy atom. The van der Waals surface area contributed by atoms with E-state index in [2.05, 4.69) is 50.1 Å². The van der Waals surface area contributed by atoms with Crippen molar-refractivity contribution in [2.45, 2.75) is 62.3 Å². The molecule has 2 aromatic carbocycles. The number of nitrogens with one attached hydrogen (secondary N) is 2. The lowest BCUT2D eigenvalue weighted by Crippen LogP contribution is -2.35. The van der Waals surface area contributed by atoms with Crippen LogP contribution in [0.3, 0.4) is 0 Å². The van der Waals surface area contributed by atoms with Crippen molar-refractivity contribution in [2.75, 3.05) is 38.0 Å². The number of likely N-dealkylation sites (tertiary alicyclic amines) is 1. The number of aryl methyl sites for hydroxylation is 1. The first-order valence-corrected chi connectivity index (χ1v) is 15.1. The van der Waals surface area contributed by atoms with Crippen LogP contribution in [0.2, 0.25) is 0 Å². The van der Waals surface area contributed by atoms with Gasteiger partial charge in [-0.2, -0.15) is 5.10 Å². The molecule has 5 rings (SSSR count). The number of fused-ring (bicyclic) bond motifs is 1. The van der Waals surface area contributed by atoms with Crippen molar-refractivity contribution in [3.8, 4) is 0 Å². The quantitative estimate of drug-likeness (QED) is 0.199. The lowest BCUT2D eigenvalue weighted by atomic mass is 9.88. The molecule has 2 N–H and O–H groups in total. The maximum atomic E-state index is 14.9. The van der Waals surface area contributed by atoms with Crippen LogP contribution in [0.4, 0.5) is 10.2 Å². The SMILES string of the molecule is CC(c1cc(SN2CCCCC2)ccc1F)N1CCC(c2ccc3c(NC(=O)CCNC=O)nn(C)c3c2)CC1.